The number of nitrogens with zero attached hydrogens (tertiary/aromatic N) is 1. The van der Waals surface area contributed by atoms with E-state index in [4.69, 9.17) is 4.74 Å². The molecule has 0 saturated carbocycles. The van der Waals surface area contributed by atoms with Crippen LogP contribution in [0, 0.1) is 5.92 Å². The fourth-order valence-corrected chi connectivity index (χ4v) is 3.74. The topological polar surface area (TPSA) is 87.7 Å². The van der Waals surface area contributed by atoms with Crippen LogP contribution in [0.2, 0.25) is 0 Å². The summed E-state index contributed by atoms with van der Waals surface area (Å²) in [6.07, 6.45) is 3.51. The third kappa shape index (κ3) is 9.38. The largest absolute Gasteiger partial charge is 0.444 e. The van der Waals surface area contributed by atoms with Gasteiger partial charge < -0.3 is 20.3 Å². The normalized spacial score (nSPS) is 14.0. The van der Waals surface area contributed by atoms with Crippen molar-refractivity contribution in [3.8, 4) is 0 Å². The van der Waals surface area contributed by atoms with Crippen molar-refractivity contribution in [1.82, 2.24) is 15.5 Å². The van der Waals surface area contributed by atoms with E-state index in [1.54, 1.807) is 31.7 Å². The van der Waals surface area contributed by atoms with E-state index in [-0.39, 0.29) is 23.8 Å². The van der Waals surface area contributed by atoms with Gasteiger partial charge in [0, 0.05) is 12.6 Å². The minimum absolute atomic E-state index is 0.167. The van der Waals surface area contributed by atoms with E-state index in [9.17, 15) is 14.4 Å². The monoisotopic (exact) mass is 487 g/mol. The number of ether oxygens (including phenoxy) is 1. The van der Waals surface area contributed by atoms with E-state index in [0.717, 1.165) is 18.4 Å². The maximum Gasteiger partial charge on any atom is 0.408 e. The van der Waals surface area contributed by atoms with Crippen molar-refractivity contribution in [2.75, 3.05) is 6.54 Å². The molecular formula is C28H45N3O4. The second-order valence-electron chi connectivity index (χ2n) is 10.3. The maximum absolute atomic E-state index is 14.0. The summed E-state index contributed by atoms with van der Waals surface area (Å²) in [4.78, 5) is 41.7. The summed E-state index contributed by atoms with van der Waals surface area (Å²) < 4.78 is 5.43. The first-order valence-corrected chi connectivity index (χ1v) is 12.7. The number of unbranched alkanes of at least 4 members (excludes halogenated alkanes) is 1. The molecule has 1 aromatic carbocycles. The van der Waals surface area contributed by atoms with Gasteiger partial charge in [0.25, 0.3) is 0 Å². The summed E-state index contributed by atoms with van der Waals surface area (Å²) in [5.74, 6) is -0.735. The molecule has 0 aliphatic carbocycles. The van der Waals surface area contributed by atoms with Gasteiger partial charge in [0.05, 0.1) is 0 Å². The molecule has 1 rings (SSSR count). The van der Waals surface area contributed by atoms with Gasteiger partial charge in [0.2, 0.25) is 11.8 Å². The number of carbonyl (C=O) groups excluding carboxylic acids is 3. The lowest BCUT2D eigenvalue weighted by molar-refractivity contribution is -0.145. The molecule has 0 heterocycles. The highest BCUT2D eigenvalue weighted by molar-refractivity contribution is 5.92. The second-order valence-corrected chi connectivity index (χ2v) is 10.3. The average molecular weight is 488 g/mol. The van der Waals surface area contributed by atoms with E-state index >= 15 is 0 Å². The van der Waals surface area contributed by atoms with Crippen molar-refractivity contribution >= 4 is 24.0 Å². The van der Waals surface area contributed by atoms with Gasteiger partial charge >= 0.3 is 6.09 Å². The Balaban J connectivity index is 3.49. The summed E-state index contributed by atoms with van der Waals surface area (Å²) in [6.45, 7) is 19.4. The quantitative estimate of drug-likeness (QED) is 0.383. The summed E-state index contributed by atoms with van der Waals surface area (Å²) in [7, 11) is 0. The van der Waals surface area contributed by atoms with Crippen molar-refractivity contribution in [2.24, 2.45) is 5.92 Å². The smallest absolute Gasteiger partial charge is 0.408 e. The van der Waals surface area contributed by atoms with Crippen LogP contribution in [0.4, 0.5) is 4.79 Å². The zero-order chi connectivity index (χ0) is 26.8. The zero-order valence-electron chi connectivity index (χ0n) is 22.8. The van der Waals surface area contributed by atoms with Gasteiger partial charge in [-0.3, -0.25) is 9.59 Å². The van der Waals surface area contributed by atoms with E-state index in [0.29, 0.717) is 18.5 Å². The summed E-state index contributed by atoms with van der Waals surface area (Å²) >= 11 is 0. The van der Waals surface area contributed by atoms with Crippen molar-refractivity contribution < 1.29 is 19.1 Å². The van der Waals surface area contributed by atoms with Crippen molar-refractivity contribution in [3.63, 3.8) is 0 Å². The molecule has 35 heavy (non-hydrogen) atoms. The molecule has 0 fully saturated rings. The average Bonchev–Trinajstić information content (AvgIpc) is 2.78. The van der Waals surface area contributed by atoms with Crippen LogP contribution in [0.15, 0.2) is 30.8 Å². The summed E-state index contributed by atoms with van der Waals surface area (Å²) in [6, 6.07) is 5.47. The van der Waals surface area contributed by atoms with Crippen LogP contribution in [0.1, 0.15) is 91.8 Å². The van der Waals surface area contributed by atoms with Crippen molar-refractivity contribution in [1.29, 1.82) is 0 Å². The number of alkyl carbamates (subject to hydrolysis) is 1. The molecule has 0 spiro atoms. The van der Waals surface area contributed by atoms with Gasteiger partial charge in [-0.1, -0.05) is 64.5 Å². The van der Waals surface area contributed by atoms with Crippen molar-refractivity contribution in [3.05, 3.63) is 42.0 Å². The number of benzene rings is 1. The molecule has 2 N–H and O–H groups in total. The molecule has 7 nitrogen and oxygen atoms in total. The van der Waals surface area contributed by atoms with Crippen LogP contribution in [0.25, 0.3) is 6.08 Å². The lowest BCUT2D eigenvalue weighted by Gasteiger charge is -2.38. The fourth-order valence-electron chi connectivity index (χ4n) is 3.74. The first-order valence-electron chi connectivity index (χ1n) is 12.7. The first kappa shape index (κ1) is 30.2. The third-order valence-electron chi connectivity index (χ3n) is 5.78. The lowest BCUT2D eigenvalue weighted by atomic mass is 9.94. The zero-order valence-corrected chi connectivity index (χ0v) is 22.8. The third-order valence-corrected chi connectivity index (χ3v) is 5.78. The number of hydrogen-bond acceptors (Lipinski definition) is 4. The Morgan fingerprint density at radius 3 is 2.31 bits per heavy atom. The number of amides is 3. The first-order chi connectivity index (χ1) is 16.4. The van der Waals surface area contributed by atoms with Crippen LogP contribution < -0.4 is 10.6 Å². The molecule has 0 bridgehead atoms. The Bertz CT molecular complexity index is 860. The second kappa shape index (κ2) is 13.9. The molecular weight excluding hydrogens is 442 g/mol. The van der Waals surface area contributed by atoms with E-state index in [1.165, 1.54) is 0 Å². The minimum Gasteiger partial charge on any atom is -0.444 e. The molecule has 196 valence electrons. The predicted molar refractivity (Wildman–Crippen MR) is 142 cm³/mol. The molecule has 0 aliphatic heterocycles. The van der Waals surface area contributed by atoms with E-state index in [1.807, 2.05) is 52.0 Å². The SMILES string of the molecule is C=Cc1cccc(C(C(=O)NCCCC)N(C(=O)C(NC(=O)OC(C)(C)C)C(C)CC)C(C)C)c1. The van der Waals surface area contributed by atoms with E-state index in [2.05, 4.69) is 24.1 Å². The molecule has 3 amide bonds. The van der Waals surface area contributed by atoms with Crippen LogP contribution in [-0.2, 0) is 14.3 Å². The maximum atomic E-state index is 14.0. The van der Waals surface area contributed by atoms with Gasteiger partial charge in [-0.05, 0) is 64.2 Å². The highest BCUT2D eigenvalue weighted by Crippen LogP contribution is 2.27. The van der Waals surface area contributed by atoms with Crippen LogP contribution in [0.3, 0.4) is 0 Å². The van der Waals surface area contributed by atoms with Gasteiger partial charge in [-0.2, -0.15) is 0 Å². The minimum atomic E-state index is -0.855. The van der Waals surface area contributed by atoms with Gasteiger partial charge in [0.15, 0.2) is 0 Å². The number of carbonyl (C=O) groups is 3. The molecule has 0 aromatic heterocycles. The Kier molecular flexibility index (Phi) is 12.0. The molecule has 0 radical (unpaired) electrons. The Morgan fingerprint density at radius 2 is 1.80 bits per heavy atom. The molecule has 3 atom stereocenters. The van der Waals surface area contributed by atoms with Crippen molar-refractivity contribution in [2.45, 2.75) is 98.4 Å². The molecule has 0 aliphatic rings. The van der Waals surface area contributed by atoms with Crippen LogP contribution in [0.5, 0.6) is 0 Å². The van der Waals surface area contributed by atoms with Gasteiger partial charge in [-0.15, -0.1) is 0 Å². The predicted octanol–water partition coefficient (Wildman–Crippen LogP) is 5.46. The lowest BCUT2D eigenvalue weighted by Crippen LogP contribution is -2.57. The fraction of sp³-hybridized carbons (Fsp3) is 0.607. The Hall–Kier alpha value is -2.83. The van der Waals surface area contributed by atoms with Crippen LogP contribution >= 0.6 is 0 Å². The number of nitrogens with one attached hydrogen (secondary N) is 2. The molecule has 7 heteroatoms. The van der Waals surface area contributed by atoms with E-state index < -0.39 is 23.8 Å². The van der Waals surface area contributed by atoms with Gasteiger partial charge in [0.1, 0.15) is 17.7 Å². The molecule has 1 aromatic rings. The van der Waals surface area contributed by atoms with Gasteiger partial charge in [-0.25, -0.2) is 4.79 Å². The highest BCUT2D eigenvalue weighted by Gasteiger charge is 2.39. The molecule has 3 unspecified atom stereocenters. The molecule has 0 saturated heterocycles. The summed E-state index contributed by atoms with van der Waals surface area (Å²) in [5, 5.41) is 5.77. The van der Waals surface area contributed by atoms with Crippen LogP contribution in [-0.4, -0.2) is 47.0 Å². The standard InChI is InChI=1S/C28H45N3O4/c1-10-13-17-29-25(32)24(22-16-14-15-21(12-3)18-22)31(19(4)5)26(33)23(20(6)11-2)30-27(34)35-28(7,8)9/h12,14-16,18-20,23-24H,3,10-11,13,17H2,1-2,4-9H3,(H,29,32)(H,30,34). The number of hydrogen-bond donors (Lipinski definition) is 2. The Labute approximate surface area is 211 Å². The Morgan fingerprint density at radius 1 is 1.14 bits per heavy atom. The number of rotatable bonds is 12. The highest BCUT2D eigenvalue weighted by atomic mass is 16.6. The summed E-state index contributed by atoms with van der Waals surface area (Å²) in [5.41, 5.74) is 0.853.